The number of carbonyl (C=O) groups excluding carboxylic acids is 1. The first kappa shape index (κ1) is 5.51. The maximum atomic E-state index is 10.5. The Morgan fingerprint density at radius 2 is 2.50 bits per heavy atom. The zero-order valence-electron chi connectivity index (χ0n) is 4.50. The predicted molar refractivity (Wildman–Crippen MR) is 29.4 cm³/mol. The number of carbonyl (C=O) groups is 1. The van der Waals surface area contributed by atoms with Crippen molar-refractivity contribution in [1.82, 2.24) is 0 Å². The lowest BCUT2D eigenvalue weighted by Crippen LogP contribution is -2.19. The molecule has 1 atom stereocenters. The third-order valence-corrected chi connectivity index (χ3v) is 1.22. The van der Waals surface area contributed by atoms with Crippen LogP contribution in [0, 0.1) is 0 Å². The molecule has 0 amide bonds. The summed E-state index contributed by atoms with van der Waals surface area (Å²) >= 11 is 0. The summed E-state index contributed by atoms with van der Waals surface area (Å²) in [5, 5.41) is 8.78. The molecule has 0 saturated carbocycles. The number of aliphatic hydroxyl groups excluding tert-OH is 1. The minimum absolute atomic E-state index is 0.156. The first-order chi connectivity index (χ1) is 3.80. The molecule has 0 radical (unpaired) electrons. The van der Waals surface area contributed by atoms with E-state index in [2.05, 4.69) is 0 Å². The van der Waals surface area contributed by atoms with E-state index in [1.165, 1.54) is 6.08 Å². The minimum Gasteiger partial charge on any atom is -0.385 e. The number of rotatable bonds is 0. The van der Waals surface area contributed by atoms with Crippen LogP contribution in [0.2, 0.25) is 0 Å². The molecule has 0 unspecified atom stereocenters. The number of hydrogen-bond acceptors (Lipinski definition) is 2. The van der Waals surface area contributed by atoms with Crippen molar-refractivity contribution in [2.24, 2.45) is 0 Å². The van der Waals surface area contributed by atoms with Crippen molar-refractivity contribution in [2.75, 3.05) is 0 Å². The van der Waals surface area contributed by atoms with E-state index in [9.17, 15) is 4.79 Å². The third-order valence-electron chi connectivity index (χ3n) is 1.22. The van der Waals surface area contributed by atoms with Crippen LogP contribution < -0.4 is 0 Å². The Labute approximate surface area is 47.8 Å². The zero-order chi connectivity index (χ0) is 5.98. The number of ketones is 1. The van der Waals surface area contributed by atoms with Crippen LogP contribution in [0.25, 0.3) is 0 Å². The van der Waals surface area contributed by atoms with Gasteiger partial charge in [-0.15, -0.1) is 0 Å². The minimum atomic E-state index is -0.722. The van der Waals surface area contributed by atoms with Crippen molar-refractivity contribution in [3.63, 3.8) is 0 Å². The Morgan fingerprint density at radius 3 is 2.88 bits per heavy atom. The van der Waals surface area contributed by atoms with Crippen molar-refractivity contribution in [2.45, 2.75) is 18.9 Å². The summed E-state index contributed by atoms with van der Waals surface area (Å²) in [5.41, 5.74) is 0. The second-order valence-corrected chi connectivity index (χ2v) is 1.90. The maximum absolute atomic E-state index is 10.5. The van der Waals surface area contributed by atoms with Crippen molar-refractivity contribution in [3.8, 4) is 0 Å². The average Bonchev–Trinajstić information content (AvgIpc) is 1.77. The van der Waals surface area contributed by atoms with Gasteiger partial charge in [0, 0.05) is 0 Å². The second kappa shape index (κ2) is 2.09. The van der Waals surface area contributed by atoms with Gasteiger partial charge in [-0.05, 0) is 18.9 Å². The van der Waals surface area contributed by atoms with E-state index in [4.69, 9.17) is 5.11 Å². The smallest absolute Gasteiger partial charge is 0.183 e. The first-order valence-electron chi connectivity index (χ1n) is 2.69. The van der Waals surface area contributed by atoms with E-state index in [1.54, 1.807) is 6.08 Å². The van der Waals surface area contributed by atoms with Crippen LogP contribution in [-0.2, 0) is 4.79 Å². The SMILES string of the molecule is O=C1C=CCC[C@H]1O. The molecular formula is C6H8O2. The van der Waals surface area contributed by atoms with Gasteiger partial charge < -0.3 is 5.11 Å². The lowest BCUT2D eigenvalue weighted by Gasteiger charge is -2.07. The van der Waals surface area contributed by atoms with E-state index in [0.717, 1.165) is 6.42 Å². The lowest BCUT2D eigenvalue weighted by atomic mass is 10.0. The van der Waals surface area contributed by atoms with Gasteiger partial charge in [0.1, 0.15) is 6.10 Å². The Balaban J connectivity index is 2.60. The highest BCUT2D eigenvalue weighted by molar-refractivity contribution is 5.93. The Hall–Kier alpha value is -0.630. The predicted octanol–water partition coefficient (Wildman–Crippen LogP) is 0.266. The maximum Gasteiger partial charge on any atom is 0.183 e. The summed E-state index contributed by atoms with van der Waals surface area (Å²) in [4.78, 5) is 10.5. The number of hydrogen-bond donors (Lipinski definition) is 1. The molecular weight excluding hydrogens is 104 g/mol. The van der Waals surface area contributed by atoms with Gasteiger partial charge in [0.25, 0.3) is 0 Å². The van der Waals surface area contributed by atoms with Crippen LogP contribution in [0.4, 0.5) is 0 Å². The zero-order valence-corrected chi connectivity index (χ0v) is 4.50. The van der Waals surface area contributed by atoms with Gasteiger partial charge in [0.2, 0.25) is 0 Å². The fraction of sp³-hybridized carbons (Fsp3) is 0.500. The molecule has 44 valence electrons. The highest BCUT2D eigenvalue weighted by Gasteiger charge is 2.13. The molecule has 0 aromatic heterocycles. The molecule has 2 heteroatoms. The molecule has 1 aliphatic rings. The lowest BCUT2D eigenvalue weighted by molar-refractivity contribution is -0.122. The molecule has 2 nitrogen and oxygen atoms in total. The molecule has 0 bridgehead atoms. The molecule has 0 aromatic rings. The van der Waals surface area contributed by atoms with Crippen LogP contribution in [0.1, 0.15) is 12.8 Å². The molecule has 1 N–H and O–H groups in total. The van der Waals surface area contributed by atoms with Gasteiger partial charge in [-0.25, -0.2) is 0 Å². The van der Waals surface area contributed by atoms with E-state index >= 15 is 0 Å². The molecule has 8 heavy (non-hydrogen) atoms. The summed E-state index contributed by atoms with van der Waals surface area (Å²) < 4.78 is 0. The molecule has 0 aromatic carbocycles. The molecule has 0 fully saturated rings. The molecule has 0 heterocycles. The number of allylic oxidation sites excluding steroid dienone is 1. The summed E-state index contributed by atoms with van der Waals surface area (Å²) in [6.07, 6.45) is 3.92. The molecule has 1 rings (SSSR count). The fourth-order valence-electron chi connectivity index (χ4n) is 0.707. The summed E-state index contributed by atoms with van der Waals surface area (Å²) in [5.74, 6) is -0.156. The van der Waals surface area contributed by atoms with Gasteiger partial charge in [-0.3, -0.25) is 4.79 Å². The largest absolute Gasteiger partial charge is 0.385 e. The van der Waals surface area contributed by atoms with Gasteiger partial charge in [0.15, 0.2) is 5.78 Å². The first-order valence-corrected chi connectivity index (χ1v) is 2.69. The van der Waals surface area contributed by atoms with Gasteiger partial charge >= 0.3 is 0 Å². The summed E-state index contributed by atoms with van der Waals surface area (Å²) in [6, 6.07) is 0. The van der Waals surface area contributed by atoms with E-state index in [1.807, 2.05) is 0 Å². The van der Waals surface area contributed by atoms with Crippen LogP contribution in [-0.4, -0.2) is 17.0 Å². The highest BCUT2D eigenvalue weighted by atomic mass is 16.3. The molecule has 0 spiro atoms. The topological polar surface area (TPSA) is 37.3 Å². The monoisotopic (exact) mass is 112 g/mol. The number of aliphatic hydroxyl groups is 1. The van der Waals surface area contributed by atoms with Crippen molar-refractivity contribution in [3.05, 3.63) is 12.2 Å². The normalized spacial score (nSPS) is 28.6. The van der Waals surface area contributed by atoms with Gasteiger partial charge in [-0.2, -0.15) is 0 Å². The summed E-state index contributed by atoms with van der Waals surface area (Å²) in [6.45, 7) is 0. The van der Waals surface area contributed by atoms with E-state index in [-0.39, 0.29) is 5.78 Å². The molecule has 0 aliphatic heterocycles. The molecule has 0 saturated heterocycles. The van der Waals surface area contributed by atoms with Crippen LogP contribution in [0.5, 0.6) is 0 Å². The second-order valence-electron chi connectivity index (χ2n) is 1.90. The van der Waals surface area contributed by atoms with Gasteiger partial charge in [0.05, 0.1) is 0 Å². The van der Waals surface area contributed by atoms with Crippen molar-refractivity contribution >= 4 is 5.78 Å². The quantitative estimate of drug-likeness (QED) is 0.488. The molecule has 1 aliphatic carbocycles. The van der Waals surface area contributed by atoms with Crippen LogP contribution >= 0.6 is 0 Å². The summed E-state index contributed by atoms with van der Waals surface area (Å²) in [7, 11) is 0. The fourth-order valence-corrected chi connectivity index (χ4v) is 0.707. The standard InChI is InChI=1S/C6H8O2/c7-5-3-1-2-4-6(5)8/h1,3,6,8H,2,4H2/t6-/m1/s1. The average molecular weight is 112 g/mol. The Morgan fingerprint density at radius 1 is 1.75 bits per heavy atom. The van der Waals surface area contributed by atoms with Gasteiger partial charge in [-0.1, -0.05) is 6.08 Å². The van der Waals surface area contributed by atoms with Crippen LogP contribution in [0.3, 0.4) is 0 Å². The van der Waals surface area contributed by atoms with Crippen molar-refractivity contribution in [1.29, 1.82) is 0 Å². The highest BCUT2D eigenvalue weighted by Crippen LogP contribution is 2.05. The van der Waals surface area contributed by atoms with E-state index in [0.29, 0.717) is 6.42 Å². The Bertz CT molecular complexity index is 126. The van der Waals surface area contributed by atoms with Crippen molar-refractivity contribution < 1.29 is 9.90 Å². The van der Waals surface area contributed by atoms with E-state index < -0.39 is 6.10 Å². The van der Waals surface area contributed by atoms with Crippen LogP contribution in [0.15, 0.2) is 12.2 Å². The third kappa shape index (κ3) is 0.954. The Kier molecular flexibility index (Phi) is 1.44.